The molecule has 5 rings (SSSR count). The lowest BCUT2D eigenvalue weighted by atomic mass is 9.74. The van der Waals surface area contributed by atoms with Crippen LogP contribution in [0, 0.1) is 5.82 Å². The van der Waals surface area contributed by atoms with E-state index in [0.29, 0.717) is 18.5 Å². The number of H-pyrrole nitrogens is 1. The van der Waals surface area contributed by atoms with E-state index in [9.17, 15) is 14.0 Å². The number of carbonyl (C=O) groups is 2. The number of ether oxygens (including phenoxy) is 1. The SMILES string of the molecule is CC(C)(C)OC(=O)NC(Cc1c[nH]c2ccc(F)cc12)C(=O)N1CCC2(CCc3ccccc32)CC1. The molecule has 0 radical (unpaired) electrons. The number of aromatic nitrogens is 1. The van der Waals surface area contributed by atoms with Crippen molar-refractivity contribution in [1.82, 2.24) is 15.2 Å². The van der Waals surface area contributed by atoms with Gasteiger partial charge in [0.1, 0.15) is 17.5 Å². The van der Waals surface area contributed by atoms with Gasteiger partial charge in [-0.1, -0.05) is 24.3 Å². The summed E-state index contributed by atoms with van der Waals surface area (Å²) in [7, 11) is 0. The average Bonchev–Trinajstić information content (AvgIpc) is 3.39. The number of benzene rings is 2. The lowest BCUT2D eigenvalue weighted by Gasteiger charge is -2.41. The Hall–Kier alpha value is -3.35. The summed E-state index contributed by atoms with van der Waals surface area (Å²) >= 11 is 0. The van der Waals surface area contributed by atoms with E-state index in [1.54, 1.807) is 33.0 Å². The van der Waals surface area contributed by atoms with E-state index < -0.39 is 17.7 Å². The molecular weight excluding hydrogens is 457 g/mol. The minimum absolute atomic E-state index is 0.132. The molecule has 0 bridgehead atoms. The number of carbonyl (C=O) groups excluding carboxylic acids is 2. The van der Waals surface area contributed by atoms with E-state index in [2.05, 4.69) is 34.6 Å². The summed E-state index contributed by atoms with van der Waals surface area (Å²) < 4.78 is 19.4. The molecule has 2 amide bonds. The molecule has 1 aliphatic carbocycles. The lowest BCUT2D eigenvalue weighted by Crippen LogP contribution is -2.54. The molecule has 1 fully saturated rings. The average molecular weight is 492 g/mol. The third-order valence-corrected chi connectivity index (χ3v) is 7.64. The van der Waals surface area contributed by atoms with Crippen molar-refractivity contribution in [2.45, 2.75) is 69.9 Å². The molecule has 1 spiro atoms. The fraction of sp³-hybridized carbons (Fsp3) is 0.448. The number of aryl methyl sites for hydroxylation is 1. The summed E-state index contributed by atoms with van der Waals surface area (Å²) in [5.41, 5.74) is 3.87. The van der Waals surface area contributed by atoms with E-state index in [4.69, 9.17) is 4.74 Å². The standard InChI is InChI=1S/C29H34FN3O3/c1-28(2,3)36-27(35)32-25(16-20-18-31-24-9-8-21(30)17-22(20)24)26(34)33-14-12-29(13-15-33)11-10-19-6-4-5-7-23(19)29/h4-9,17-18,25,31H,10-16H2,1-3H3,(H,32,35). The number of nitrogens with one attached hydrogen (secondary N) is 2. The Bertz CT molecular complexity index is 1280. The number of hydrogen-bond donors (Lipinski definition) is 2. The molecule has 1 atom stereocenters. The third-order valence-electron chi connectivity index (χ3n) is 7.64. The highest BCUT2D eigenvalue weighted by atomic mass is 19.1. The second-order valence-corrected chi connectivity index (χ2v) is 11.2. The van der Waals surface area contributed by atoms with Crippen LogP contribution in [0.2, 0.25) is 0 Å². The van der Waals surface area contributed by atoms with Crippen LogP contribution < -0.4 is 5.32 Å². The number of hydrogen-bond acceptors (Lipinski definition) is 3. The van der Waals surface area contributed by atoms with Gasteiger partial charge < -0.3 is 19.9 Å². The van der Waals surface area contributed by atoms with Crippen molar-refractivity contribution in [3.8, 4) is 0 Å². The number of piperidine rings is 1. The van der Waals surface area contributed by atoms with E-state index in [-0.39, 0.29) is 23.6 Å². The minimum atomic E-state index is -0.813. The van der Waals surface area contributed by atoms with Gasteiger partial charge >= 0.3 is 6.09 Å². The van der Waals surface area contributed by atoms with Crippen molar-refractivity contribution in [1.29, 1.82) is 0 Å². The summed E-state index contributed by atoms with van der Waals surface area (Å²) in [5.74, 6) is -0.475. The summed E-state index contributed by atoms with van der Waals surface area (Å²) in [6.45, 7) is 6.64. The molecule has 6 nitrogen and oxygen atoms in total. The number of rotatable bonds is 4. The van der Waals surface area contributed by atoms with Crippen LogP contribution in [0.15, 0.2) is 48.7 Å². The van der Waals surface area contributed by atoms with Gasteiger partial charge in [-0.05, 0) is 86.8 Å². The summed E-state index contributed by atoms with van der Waals surface area (Å²) in [4.78, 5) is 31.4. The first-order valence-electron chi connectivity index (χ1n) is 12.8. The first-order chi connectivity index (χ1) is 17.1. The van der Waals surface area contributed by atoms with E-state index in [0.717, 1.165) is 36.8 Å². The van der Waals surface area contributed by atoms with Crippen molar-refractivity contribution in [2.75, 3.05) is 13.1 Å². The second kappa shape index (κ2) is 9.26. The van der Waals surface area contributed by atoms with Crippen LogP contribution in [-0.2, 0) is 27.8 Å². The zero-order valence-electron chi connectivity index (χ0n) is 21.2. The fourth-order valence-electron chi connectivity index (χ4n) is 5.85. The molecule has 1 saturated heterocycles. The van der Waals surface area contributed by atoms with Crippen LogP contribution in [0.4, 0.5) is 9.18 Å². The number of nitrogens with zero attached hydrogens (tertiary/aromatic N) is 1. The summed E-state index contributed by atoms with van der Waals surface area (Å²) in [5, 5.41) is 3.51. The highest BCUT2D eigenvalue weighted by Gasteiger charge is 2.42. The van der Waals surface area contributed by atoms with E-state index in [1.165, 1.54) is 23.3 Å². The number of fused-ring (bicyclic) bond motifs is 3. The molecule has 2 aliphatic rings. The predicted octanol–water partition coefficient (Wildman–Crippen LogP) is 5.25. The number of likely N-dealkylation sites (tertiary alicyclic amines) is 1. The van der Waals surface area contributed by atoms with Gasteiger partial charge in [-0.25, -0.2) is 9.18 Å². The fourth-order valence-corrected chi connectivity index (χ4v) is 5.85. The maximum Gasteiger partial charge on any atom is 0.408 e. The lowest BCUT2D eigenvalue weighted by molar-refractivity contribution is -0.135. The van der Waals surface area contributed by atoms with Crippen molar-refractivity contribution >= 4 is 22.9 Å². The smallest absolute Gasteiger partial charge is 0.408 e. The topological polar surface area (TPSA) is 74.4 Å². The summed E-state index contributed by atoms with van der Waals surface area (Å²) in [6, 6.07) is 12.4. The number of aromatic amines is 1. The van der Waals surface area contributed by atoms with Gasteiger partial charge in [0, 0.05) is 36.6 Å². The van der Waals surface area contributed by atoms with Crippen molar-refractivity contribution in [2.24, 2.45) is 0 Å². The second-order valence-electron chi connectivity index (χ2n) is 11.2. The van der Waals surface area contributed by atoms with Gasteiger partial charge in [-0.3, -0.25) is 4.79 Å². The van der Waals surface area contributed by atoms with Gasteiger partial charge in [0.15, 0.2) is 0 Å². The maximum absolute atomic E-state index is 13.9. The first-order valence-corrected chi connectivity index (χ1v) is 12.8. The number of alkyl carbamates (subject to hydrolysis) is 1. The Kier molecular flexibility index (Phi) is 6.27. The highest BCUT2D eigenvalue weighted by Crippen LogP contribution is 2.46. The van der Waals surface area contributed by atoms with Crippen LogP contribution >= 0.6 is 0 Å². The number of halogens is 1. The first kappa shape index (κ1) is 24.3. The van der Waals surface area contributed by atoms with Gasteiger partial charge in [0.2, 0.25) is 5.91 Å². The Labute approximate surface area is 211 Å². The molecule has 3 aromatic rings. The van der Waals surface area contributed by atoms with E-state index >= 15 is 0 Å². The van der Waals surface area contributed by atoms with Crippen molar-refractivity contribution in [3.63, 3.8) is 0 Å². The Morgan fingerprint density at radius 1 is 1.14 bits per heavy atom. The third kappa shape index (κ3) is 4.84. The molecule has 2 aromatic carbocycles. The van der Waals surface area contributed by atoms with Crippen LogP contribution in [0.25, 0.3) is 10.9 Å². The molecule has 36 heavy (non-hydrogen) atoms. The van der Waals surface area contributed by atoms with Gasteiger partial charge in [0.25, 0.3) is 0 Å². The quantitative estimate of drug-likeness (QED) is 0.524. The normalized spacial score (nSPS) is 17.7. The van der Waals surface area contributed by atoms with Crippen molar-refractivity contribution in [3.05, 3.63) is 71.2 Å². The summed E-state index contributed by atoms with van der Waals surface area (Å²) in [6.07, 6.45) is 5.41. The molecule has 2 heterocycles. The van der Waals surface area contributed by atoms with Gasteiger partial charge in [0.05, 0.1) is 0 Å². The zero-order chi connectivity index (χ0) is 25.5. The Morgan fingerprint density at radius 3 is 2.64 bits per heavy atom. The number of amides is 2. The van der Waals surface area contributed by atoms with E-state index in [1.807, 2.05) is 4.90 Å². The molecule has 1 aromatic heterocycles. The molecule has 7 heteroatoms. The van der Waals surface area contributed by atoms with Gasteiger partial charge in [-0.2, -0.15) is 0 Å². The maximum atomic E-state index is 13.9. The van der Waals surface area contributed by atoms with Gasteiger partial charge in [-0.15, -0.1) is 0 Å². The molecule has 190 valence electrons. The monoisotopic (exact) mass is 491 g/mol. The molecule has 1 aliphatic heterocycles. The molecule has 2 N–H and O–H groups in total. The van der Waals surface area contributed by atoms with Crippen LogP contribution in [0.1, 0.15) is 56.7 Å². The Balaban J connectivity index is 1.35. The zero-order valence-corrected chi connectivity index (χ0v) is 21.2. The van der Waals surface area contributed by atoms with Crippen molar-refractivity contribution < 1.29 is 18.7 Å². The molecular formula is C29H34FN3O3. The molecule has 1 unspecified atom stereocenters. The van der Waals surface area contributed by atoms with Crippen LogP contribution in [0.3, 0.4) is 0 Å². The highest BCUT2D eigenvalue weighted by molar-refractivity contribution is 5.88. The minimum Gasteiger partial charge on any atom is -0.444 e. The van der Waals surface area contributed by atoms with Crippen LogP contribution in [0.5, 0.6) is 0 Å². The largest absolute Gasteiger partial charge is 0.444 e. The predicted molar refractivity (Wildman–Crippen MR) is 137 cm³/mol. The Morgan fingerprint density at radius 2 is 1.89 bits per heavy atom. The van der Waals surface area contributed by atoms with Crippen LogP contribution in [-0.4, -0.2) is 46.6 Å². The molecule has 0 saturated carbocycles.